The quantitative estimate of drug-likeness (QED) is 0.727. The van der Waals surface area contributed by atoms with Crippen LogP contribution in [0.5, 0.6) is 0 Å². The summed E-state index contributed by atoms with van der Waals surface area (Å²) in [6, 6.07) is 8.89. The van der Waals surface area contributed by atoms with E-state index in [1.54, 1.807) is 0 Å². The van der Waals surface area contributed by atoms with Crippen LogP contribution in [0, 0.1) is 5.92 Å². The fourth-order valence-electron chi connectivity index (χ4n) is 1.85. The van der Waals surface area contributed by atoms with Crippen molar-refractivity contribution in [3.63, 3.8) is 0 Å². The van der Waals surface area contributed by atoms with Crippen molar-refractivity contribution in [2.75, 3.05) is 19.8 Å². The Bertz CT molecular complexity index is 341. The topological polar surface area (TPSA) is 21.3 Å². The molecule has 1 N–H and O–H groups in total. The standard InChI is InChI=1S/C15H24BrNO/c1-4-15(13-6-5-7-14(16)10-13)17-8-9-18-11-12(2)3/h5-7,10,12,15,17H,4,8-9,11H2,1-3H3. The van der Waals surface area contributed by atoms with Crippen molar-refractivity contribution in [3.8, 4) is 0 Å². The van der Waals surface area contributed by atoms with E-state index in [-0.39, 0.29) is 0 Å². The smallest absolute Gasteiger partial charge is 0.0591 e. The van der Waals surface area contributed by atoms with E-state index in [1.165, 1.54) is 5.56 Å². The second-order valence-corrected chi connectivity index (χ2v) is 5.85. The van der Waals surface area contributed by atoms with E-state index in [1.807, 2.05) is 0 Å². The average Bonchev–Trinajstić information content (AvgIpc) is 2.33. The summed E-state index contributed by atoms with van der Waals surface area (Å²) >= 11 is 3.52. The summed E-state index contributed by atoms with van der Waals surface area (Å²) in [5.41, 5.74) is 1.33. The largest absolute Gasteiger partial charge is 0.380 e. The Morgan fingerprint density at radius 1 is 1.33 bits per heavy atom. The van der Waals surface area contributed by atoms with E-state index in [0.717, 1.165) is 30.7 Å². The minimum absolute atomic E-state index is 0.408. The van der Waals surface area contributed by atoms with Crippen molar-refractivity contribution in [2.24, 2.45) is 5.92 Å². The predicted molar refractivity (Wildman–Crippen MR) is 80.8 cm³/mol. The Morgan fingerprint density at radius 2 is 2.11 bits per heavy atom. The molecule has 0 aliphatic heterocycles. The number of rotatable bonds is 8. The summed E-state index contributed by atoms with van der Waals surface area (Å²) < 4.78 is 6.71. The lowest BCUT2D eigenvalue weighted by atomic mass is 10.0. The maximum atomic E-state index is 5.58. The van der Waals surface area contributed by atoms with Crippen LogP contribution in [0.2, 0.25) is 0 Å². The van der Waals surface area contributed by atoms with Crippen molar-refractivity contribution < 1.29 is 4.74 Å². The molecule has 0 bridgehead atoms. The molecule has 0 saturated carbocycles. The van der Waals surface area contributed by atoms with Gasteiger partial charge in [-0.2, -0.15) is 0 Å². The molecule has 0 fully saturated rings. The van der Waals surface area contributed by atoms with Crippen LogP contribution < -0.4 is 5.32 Å². The Labute approximate surface area is 119 Å². The number of ether oxygens (including phenoxy) is 1. The summed E-state index contributed by atoms with van der Waals surface area (Å²) in [7, 11) is 0. The average molecular weight is 314 g/mol. The summed E-state index contributed by atoms with van der Waals surface area (Å²) in [4.78, 5) is 0. The molecule has 0 aromatic heterocycles. The summed E-state index contributed by atoms with van der Waals surface area (Å²) in [6.07, 6.45) is 1.08. The fourth-order valence-corrected chi connectivity index (χ4v) is 2.26. The minimum atomic E-state index is 0.408. The van der Waals surface area contributed by atoms with E-state index in [2.05, 4.69) is 66.3 Å². The molecule has 3 heteroatoms. The number of nitrogens with one attached hydrogen (secondary N) is 1. The normalized spacial score (nSPS) is 12.9. The van der Waals surface area contributed by atoms with Gasteiger partial charge in [-0.25, -0.2) is 0 Å². The third-order valence-electron chi connectivity index (χ3n) is 2.75. The molecule has 2 nitrogen and oxygen atoms in total. The molecule has 0 heterocycles. The molecule has 1 unspecified atom stereocenters. The van der Waals surface area contributed by atoms with Gasteiger partial charge < -0.3 is 10.1 Å². The summed E-state index contributed by atoms with van der Waals surface area (Å²) in [5.74, 6) is 0.608. The van der Waals surface area contributed by atoms with Crippen LogP contribution in [-0.4, -0.2) is 19.8 Å². The number of hydrogen-bond donors (Lipinski definition) is 1. The monoisotopic (exact) mass is 313 g/mol. The van der Waals surface area contributed by atoms with Gasteiger partial charge in [-0.3, -0.25) is 0 Å². The first-order valence-corrected chi connectivity index (χ1v) is 7.49. The van der Waals surface area contributed by atoms with Gasteiger partial charge in [0.05, 0.1) is 6.61 Å². The highest BCUT2D eigenvalue weighted by Crippen LogP contribution is 2.20. The van der Waals surface area contributed by atoms with Crippen LogP contribution in [0.3, 0.4) is 0 Å². The molecule has 1 aromatic rings. The first-order valence-electron chi connectivity index (χ1n) is 6.70. The Kier molecular flexibility index (Phi) is 7.56. The molecule has 0 aliphatic carbocycles. The van der Waals surface area contributed by atoms with Gasteiger partial charge in [0.15, 0.2) is 0 Å². The maximum Gasteiger partial charge on any atom is 0.0591 e. The molecule has 18 heavy (non-hydrogen) atoms. The number of halogens is 1. The van der Waals surface area contributed by atoms with Gasteiger partial charge in [-0.1, -0.05) is 48.8 Å². The number of benzene rings is 1. The lowest BCUT2D eigenvalue weighted by Crippen LogP contribution is -2.25. The molecule has 1 aromatic carbocycles. The van der Waals surface area contributed by atoms with Crippen LogP contribution in [0.15, 0.2) is 28.7 Å². The van der Waals surface area contributed by atoms with Crippen LogP contribution >= 0.6 is 15.9 Å². The molecule has 0 amide bonds. The van der Waals surface area contributed by atoms with Gasteiger partial charge >= 0.3 is 0 Å². The molecule has 0 aliphatic rings. The molecular formula is C15H24BrNO. The zero-order valence-electron chi connectivity index (χ0n) is 11.6. The van der Waals surface area contributed by atoms with Crippen LogP contribution in [0.1, 0.15) is 38.8 Å². The van der Waals surface area contributed by atoms with Gasteiger partial charge in [0.2, 0.25) is 0 Å². The molecule has 0 radical (unpaired) electrons. The highest BCUT2D eigenvalue weighted by atomic mass is 79.9. The summed E-state index contributed by atoms with van der Waals surface area (Å²) in [5, 5.41) is 3.54. The SMILES string of the molecule is CCC(NCCOCC(C)C)c1cccc(Br)c1. The zero-order valence-corrected chi connectivity index (χ0v) is 13.2. The van der Waals surface area contributed by atoms with Crippen molar-refractivity contribution in [1.82, 2.24) is 5.32 Å². The Balaban J connectivity index is 2.34. The van der Waals surface area contributed by atoms with E-state index in [9.17, 15) is 0 Å². The maximum absolute atomic E-state index is 5.58. The predicted octanol–water partition coefficient (Wildman–Crippen LogP) is 4.16. The lowest BCUT2D eigenvalue weighted by molar-refractivity contribution is 0.110. The van der Waals surface area contributed by atoms with Crippen molar-refractivity contribution in [1.29, 1.82) is 0 Å². The van der Waals surface area contributed by atoms with Gasteiger partial charge in [0.25, 0.3) is 0 Å². The minimum Gasteiger partial charge on any atom is -0.380 e. The van der Waals surface area contributed by atoms with Crippen molar-refractivity contribution in [3.05, 3.63) is 34.3 Å². The van der Waals surface area contributed by atoms with Gasteiger partial charge in [-0.15, -0.1) is 0 Å². The first-order chi connectivity index (χ1) is 8.63. The van der Waals surface area contributed by atoms with E-state index < -0.39 is 0 Å². The van der Waals surface area contributed by atoms with E-state index in [0.29, 0.717) is 12.0 Å². The Morgan fingerprint density at radius 3 is 2.72 bits per heavy atom. The summed E-state index contributed by atoms with van der Waals surface area (Å²) in [6.45, 7) is 9.07. The molecule has 1 atom stereocenters. The highest BCUT2D eigenvalue weighted by Gasteiger charge is 2.08. The van der Waals surface area contributed by atoms with Crippen LogP contribution in [0.25, 0.3) is 0 Å². The van der Waals surface area contributed by atoms with Crippen molar-refractivity contribution >= 4 is 15.9 Å². The first kappa shape index (κ1) is 15.7. The Hall–Kier alpha value is -0.380. The third kappa shape index (κ3) is 5.98. The zero-order chi connectivity index (χ0) is 13.4. The number of hydrogen-bond acceptors (Lipinski definition) is 2. The fraction of sp³-hybridized carbons (Fsp3) is 0.600. The second kappa shape index (κ2) is 8.68. The van der Waals surface area contributed by atoms with E-state index in [4.69, 9.17) is 4.74 Å². The molecule has 0 saturated heterocycles. The van der Waals surface area contributed by atoms with Crippen LogP contribution in [0.4, 0.5) is 0 Å². The van der Waals surface area contributed by atoms with Gasteiger partial charge in [-0.05, 0) is 30.0 Å². The molecule has 102 valence electrons. The van der Waals surface area contributed by atoms with Crippen molar-refractivity contribution in [2.45, 2.75) is 33.2 Å². The lowest BCUT2D eigenvalue weighted by Gasteiger charge is -2.18. The molecule has 1 rings (SSSR count). The highest BCUT2D eigenvalue weighted by molar-refractivity contribution is 9.10. The van der Waals surface area contributed by atoms with Gasteiger partial charge in [0, 0.05) is 23.7 Å². The van der Waals surface area contributed by atoms with E-state index >= 15 is 0 Å². The van der Waals surface area contributed by atoms with Crippen LogP contribution in [-0.2, 0) is 4.74 Å². The molecule has 0 spiro atoms. The second-order valence-electron chi connectivity index (χ2n) is 4.94. The third-order valence-corrected chi connectivity index (χ3v) is 3.24. The molecular weight excluding hydrogens is 290 g/mol. The van der Waals surface area contributed by atoms with Gasteiger partial charge in [0.1, 0.15) is 0 Å².